The lowest BCUT2D eigenvalue weighted by Gasteiger charge is -2.10. The van der Waals surface area contributed by atoms with Crippen molar-refractivity contribution >= 4 is 34.6 Å². The van der Waals surface area contributed by atoms with E-state index in [1.807, 2.05) is 0 Å². The minimum absolute atomic E-state index is 0.0445. The first kappa shape index (κ1) is 14.1. The molecular weight excluding hydrogens is 283 g/mol. The summed E-state index contributed by atoms with van der Waals surface area (Å²) in [6.45, 7) is 0. The molecule has 3 N–H and O–H groups in total. The average molecular weight is 295 g/mol. The van der Waals surface area contributed by atoms with Crippen molar-refractivity contribution in [3.8, 4) is 0 Å². The van der Waals surface area contributed by atoms with Crippen LogP contribution in [0.1, 0.15) is 10.4 Å². The Morgan fingerprint density at radius 1 is 1.25 bits per heavy atom. The van der Waals surface area contributed by atoms with Crippen molar-refractivity contribution in [3.63, 3.8) is 0 Å². The van der Waals surface area contributed by atoms with Crippen LogP contribution in [-0.4, -0.2) is 13.1 Å². The standard InChI is InChI=1S/C14H12ClFN2O2/c1-20-14(19)10-6-8(3-5-13(10)17)18-9-2-4-11(15)12(16)7-9/h2-7,18H,17H2,1H3. The summed E-state index contributed by atoms with van der Waals surface area (Å²) in [7, 11) is 1.27. The van der Waals surface area contributed by atoms with Crippen molar-refractivity contribution in [2.24, 2.45) is 0 Å². The number of nitrogens with one attached hydrogen (secondary N) is 1. The Kier molecular flexibility index (Phi) is 4.10. The third kappa shape index (κ3) is 3.00. The number of methoxy groups -OCH3 is 1. The zero-order chi connectivity index (χ0) is 14.7. The number of carbonyl (C=O) groups is 1. The normalized spacial score (nSPS) is 10.2. The maximum absolute atomic E-state index is 13.3. The molecule has 0 aliphatic heterocycles. The Labute approximate surface area is 120 Å². The molecule has 0 atom stereocenters. The van der Waals surface area contributed by atoms with Gasteiger partial charge < -0.3 is 15.8 Å². The summed E-state index contributed by atoms with van der Waals surface area (Å²) >= 11 is 5.61. The summed E-state index contributed by atoms with van der Waals surface area (Å²) in [6.07, 6.45) is 0. The molecular formula is C14H12ClFN2O2. The first-order valence-corrected chi connectivity index (χ1v) is 6.09. The highest BCUT2D eigenvalue weighted by Crippen LogP contribution is 2.24. The van der Waals surface area contributed by atoms with Gasteiger partial charge in [0.05, 0.1) is 17.7 Å². The number of ether oxygens (including phenoxy) is 1. The zero-order valence-corrected chi connectivity index (χ0v) is 11.4. The van der Waals surface area contributed by atoms with Crippen LogP contribution in [0.25, 0.3) is 0 Å². The molecule has 0 spiro atoms. The van der Waals surface area contributed by atoms with Gasteiger partial charge in [-0.25, -0.2) is 9.18 Å². The first-order chi connectivity index (χ1) is 9.51. The largest absolute Gasteiger partial charge is 0.465 e. The Morgan fingerprint density at radius 3 is 2.55 bits per heavy atom. The topological polar surface area (TPSA) is 64.3 Å². The van der Waals surface area contributed by atoms with Crippen LogP contribution in [0.4, 0.5) is 21.5 Å². The third-order valence-electron chi connectivity index (χ3n) is 2.67. The molecule has 0 amide bonds. The molecule has 0 fully saturated rings. The molecule has 2 rings (SSSR count). The van der Waals surface area contributed by atoms with Gasteiger partial charge in [0.1, 0.15) is 5.82 Å². The average Bonchev–Trinajstić information content (AvgIpc) is 2.44. The fraction of sp³-hybridized carbons (Fsp3) is 0.0714. The van der Waals surface area contributed by atoms with Gasteiger partial charge in [-0.15, -0.1) is 0 Å². The van der Waals surface area contributed by atoms with E-state index in [4.69, 9.17) is 17.3 Å². The monoisotopic (exact) mass is 294 g/mol. The summed E-state index contributed by atoms with van der Waals surface area (Å²) in [5, 5.41) is 3.00. The van der Waals surface area contributed by atoms with Crippen LogP contribution < -0.4 is 11.1 Å². The summed E-state index contributed by atoms with van der Waals surface area (Å²) in [6, 6.07) is 9.11. The van der Waals surface area contributed by atoms with E-state index < -0.39 is 11.8 Å². The number of rotatable bonds is 3. The number of carbonyl (C=O) groups excluding carboxylic acids is 1. The minimum Gasteiger partial charge on any atom is -0.465 e. The van der Waals surface area contributed by atoms with Gasteiger partial charge in [0.15, 0.2) is 0 Å². The van der Waals surface area contributed by atoms with E-state index in [0.717, 1.165) is 0 Å². The lowest BCUT2D eigenvalue weighted by molar-refractivity contribution is 0.0602. The molecule has 0 saturated carbocycles. The zero-order valence-electron chi connectivity index (χ0n) is 10.6. The van der Waals surface area contributed by atoms with E-state index in [1.54, 1.807) is 18.2 Å². The number of hydrogen-bond acceptors (Lipinski definition) is 4. The van der Waals surface area contributed by atoms with Gasteiger partial charge in [-0.3, -0.25) is 0 Å². The Bertz CT molecular complexity index is 662. The number of hydrogen-bond donors (Lipinski definition) is 2. The number of halogens is 2. The van der Waals surface area contributed by atoms with Crippen LogP contribution in [0.2, 0.25) is 5.02 Å². The lowest BCUT2D eigenvalue weighted by atomic mass is 10.1. The molecule has 4 nitrogen and oxygen atoms in total. The smallest absolute Gasteiger partial charge is 0.340 e. The molecule has 2 aromatic rings. The van der Waals surface area contributed by atoms with Crippen LogP contribution in [0.3, 0.4) is 0 Å². The second-order valence-electron chi connectivity index (χ2n) is 4.05. The highest BCUT2D eigenvalue weighted by molar-refractivity contribution is 6.30. The highest BCUT2D eigenvalue weighted by Gasteiger charge is 2.11. The van der Waals surface area contributed by atoms with Crippen molar-refractivity contribution in [1.82, 2.24) is 0 Å². The van der Waals surface area contributed by atoms with Crippen LogP contribution in [-0.2, 0) is 4.74 Å². The molecule has 0 heterocycles. The summed E-state index contributed by atoms with van der Waals surface area (Å²) in [5.74, 6) is -1.06. The highest BCUT2D eigenvalue weighted by atomic mass is 35.5. The van der Waals surface area contributed by atoms with Gasteiger partial charge >= 0.3 is 5.97 Å². The van der Waals surface area contributed by atoms with Gasteiger partial charge in [0.25, 0.3) is 0 Å². The molecule has 104 valence electrons. The fourth-order valence-corrected chi connectivity index (χ4v) is 1.78. The summed E-state index contributed by atoms with van der Waals surface area (Å²) in [4.78, 5) is 11.5. The van der Waals surface area contributed by atoms with Crippen molar-refractivity contribution in [2.45, 2.75) is 0 Å². The molecule has 20 heavy (non-hydrogen) atoms. The van der Waals surface area contributed by atoms with E-state index in [-0.39, 0.29) is 10.6 Å². The maximum atomic E-state index is 13.3. The summed E-state index contributed by atoms with van der Waals surface area (Å²) in [5.41, 5.74) is 7.34. The predicted octanol–water partition coefficient (Wildman–Crippen LogP) is 3.59. The van der Waals surface area contributed by atoms with Crippen molar-refractivity contribution in [3.05, 3.63) is 52.8 Å². The second kappa shape index (κ2) is 5.79. The number of anilines is 3. The fourth-order valence-electron chi connectivity index (χ4n) is 1.66. The van der Waals surface area contributed by atoms with E-state index >= 15 is 0 Å². The molecule has 0 bridgehead atoms. The molecule has 0 saturated heterocycles. The molecule has 0 radical (unpaired) electrons. The lowest BCUT2D eigenvalue weighted by Crippen LogP contribution is -2.06. The Morgan fingerprint density at radius 2 is 1.90 bits per heavy atom. The van der Waals surface area contributed by atoms with Crippen LogP contribution >= 0.6 is 11.6 Å². The van der Waals surface area contributed by atoms with Gasteiger partial charge in [-0.05, 0) is 36.4 Å². The van der Waals surface area contributed by atoms with Crippen molar-refractivity contribution in [1.29, 1.82) is 0 Å². The van der Waals surface area contributed by atoms with Gasteiger partial charge in [0, 0.05) is 17.1 Å². The van der Waals surface area contributed by atoms with Crippen LogP contribution in [0.5, 0.6) is 0 Å². The predicted molar refractivity (Wildman–Crippen MR) is 76.9 cm³/mol. The maximum Gasteiger partial charge on any atom is 0.340 e. The van der Waals surface area contributed by atoms with Crippen molar-refractivity contribution < 1.29 is 13.9 Å². The molecule has 0 aliphatic rings. The van der Waals surface area contributed by atoms with E-state index in [9.17, 15) is 9.18 Å². The number of esters is 1. The van der Waals surface area contributed by atoms with Gasteiger partial charge in [0.2, 0.25) is 0 Å². The van der Waals surface area contributed by atoms with E-state index in [2.05, 4.69) is 10.1 Å². The first-order valence-electron chi connectivity index (χ1n) is 5.71. The third-order valence-corrected chi connectivity index (χ3v) is 2.97. The Hall–Kier alpha value is -2.27. The van der Waals surface area contributed by atoms with Crippen LogP contribution in [0, 0.1) is 5.82 Å². The molecule has 0 aromatic heterocycles. The SMILES string of the molecule is COC(=O)c1cc(Nc2ccc(Cl)c(F)c2)ccc1N. The number of nitrogen functional groups attached to an aromatic ring is 1. The number of benzene rings is 2. The quantitative estimate of drug-likeness (QED) is 0.671. The molecule has 0 aliphatic carbocycles. The molecule has 2 aromatic carbocycles. The van der Waals surface area contributed by atoms with Crippen LogP contribution in [0.15, 0.2) is 36.4 Å². The molecule has 0 unspecified atom stereocenters. The summed E-state index contributed by atoms with van der Waals surface area (Å²) < 4.78 is 18.0. The van der Waals surface area contributed by atoms with Gasteiger partial charge in [-0.2, -0.15) is 0 Å². The van der Waals surface area contributed by atoms with E-state index in [0.29, 0.717) is 17.1 Å². The minimum atomic E-state index is -0.534. The van der Waals surface area contributed by atoms with Crippen molar-refractivity contribution in [2.75, 3.05) is 18.2 Å². The van der Waals surface area contributed by atoms with E-state index in [1.165, 1.54) is 25.3 Å². The molecule has 6 heteroatoms. The van der Waals surface area contributed by atoms with Gasteiger partial charge in [-0.1, -0.05) is 11.6 Å². The second-order valence-corrected chi connectivity index (χ2v) is 4.45. The Balaban J connectivity index is 2.29. The number of nitrogens with two attached hydrogens (primary N) is 1.